The van der Waals surface area contributed by atoms with Gasteiger partial charge in [-0.25, -0.2) is 8.42 Å². The van der Waals surface area contributed by atoms with Crippen molar-refractivity contribution in [1.29, 1.82) is 0 Å². The van der Waals surface area contributed by atoms with Gasteiger partial charge in [-0.15, -0.1) is 0 Å². The van der Waals surface area contributed by atoms with Crippen molar-refractivity contribution < 1.29 is 35.9 Å². The van der Waals surface area contributed by atoms with Crippen molar-refractivity contribution in [2.75, 3.05) is 24.2 Å². The Balaban J connectivity index is 2.47. The Morgan fingerprint density at radius 1 is 1.05 bits per heavy atom. The second-order valence-corrected chi connectivity index (χ2v) is 11.5. The molecule has 0 fully saturated rings. The van der Waals surface area contributed by atoms with E-state index in [2.05, 4.69) is 5.32 Å². The third-order valence-corrected chi connectivity index (χ3v) is 6.43. The highest BCUT2D eigenvalue weighted by Gasteiger charge is 2.34. The lowest BCUT2D eigenvalue weighted by atomic mass is 10.1. The predicted octanol–water partition coefficient (Wildman–Crippen LogP) is 3.81. The number of nitrogens with one attached hydrogen (secondary N) is 1. The zero-order valence-electron chi connectivity index (χ0n) is 21.6. The maximum Gasteiger partial charge on any atom is 0.416 e. The molecule has 0 bridgehead atoms. The minimum absolute atomic E-state index is 0.0744. The van der Waals surface area contributed by atoms with Crippen molar-refractivity contribution in [2.45, 2.75) is 52.0 Å². The predicted molar refractivity (Wildman–Crippen MR) is 135 cm³/mol. The highest BCUT2D eigenvalue weighted by molar-refractivity contribution is 7.92. The van der Waals surface area contributed by atoms with Crippen LogP contribution in [-0.2, 0) is 32.3 Å². The number of alkyl halides is 3. The van der Waals surface area contributed by atoms with E-state index in [0.29, 0.717) is 21.7 Å². The van der Waals surface area contributed by atoms with Gasteiger partial charge in [0.25, 0.3) is 0 Å². The topological polar surface area (TPSA) is 96.0 Å². The minimum Gasteiger partial charge on any atom is -0.497 e. The van der Waals surface area contributed by atoms with Crippen molar-refractivity contribution in [2.24, 2.45) is 0 Å². The van der Waals surface area contributed by atoms with Crippen molar-refractivity contribution in [3.8, 4) is 5.75 Å². The fourth-order valence-electron chi connectivity index (χ4n) is 3.48. The summed E-state index contributed by atoms with van der Waals surface area (Å²) < 4.78 is 70.7. The molecule has 0 aromatic heterocycles. The lowest BCUT2D eigenvalue weighted by molar-refractivity contribution is -0.140. The number of carbonyl (C=O) groups is 2. The van der Waals surface area contributed by atoms with E-state index < -0.39 is 51.7 Å². The van der Waals surface area contributed by atoms with E-state index in [0.717, 1.165) is 18.4 Å². The number of amides is 2. The summed E-state index contributed by atoms with van der Waals surface area (Å²) in [5.41, 5.74) is -1.38. The lowest BCUT2D eigenvalue weighted by Gasteiger charge is -2.33. The Labute approximate surface area is 215 Å². The van der Waals surface area contributed by atoms with Gasteiger partial charge in [-0.05, 0) is 63.6 Å². The third-order valence-electron chi connectivity index (χ3n) is 5.29. The van der Waals surface area contributed by atoms with Crippen LogP contribution in [-0.4, -0.2) is 56.6 Å². The van der Waals surface area contributed by atoms with Crippen LogP contribution in [0, 0.1) is 0 Å². The van der Waals surface area contributed by atoms with E-state index in [4.69, 9.17) is 4.74 Å². The molecule has 0 saturated heterocycles. The SMILES string of the molecule is COc1cccc(CN(C(=O)CN(c2cccc(C(F)(F)F)c2)S(C)(=O)=O)[C@H](C)C(=O)NC(C)(C)C)c1. The van der Waals surface area contributed by atoms with Crippen molar-refractivity contribution >= 4 is 27.5 Å². The summed E-state index contributed by atoms with van der Waals surface area (Å²) in [5, 5.41) is 2.79. The van der Waals surface area contributed by atoms with E-state index >= 15 is 0 Å². The Hall–Kier alpha value is -3.28. The number of rotatable bonds is 9. The maximum absolute atomic E-state index is 13.5. The molecule has 0 aliphatic rings. The number of sulfonamides is 1. The molecule has 12 heteroatoms. The molecule has 0 spiro atoms. The molecule has 0 saturated carbocycles. The van der Waals surface area contributed by atoms with Crippen LogP contribution in [0.5, 0.6) is 5.75 Å². The normalized spacial score (nSPS) is 13.0. The van der Waals surface area contributed by atoms with Gasteiger partial charge in [-0.2, -0.15) is 13.2 Å². The summed E-state index contributed by atoms with van der Waals surface area (Å²) in [6, 6.07) is 9.44. The van der Waals surface area contributed by atoms with Gasteiger partial charge in [0.15, 0.2) is 0 Å². The molecule has 2 rings (SSSR count). The van der Waals surface area contributed by atoms with E-state index in [1.54, 1.807) is 45.0 Å². The summed E-state index contributed by atoms with van der Waals surface area (Å²) in [5.74, 6) is -0.741. The second-order valence-electron chi connectivity index (χ2n) is 9.61. The molecule has 0 aliphatic heterocycles. The van der Waals surface area contributed by atoms with Gasteiger partial charge in [-0.1, -0.05) is 18.2 Å². The van der Waals surface area contributed by atoms with Crippen LogP contribution < -0.4 is 14.4 Å². The van der Waals surface area contributed by atoms with Crippen LogP contribution in [0.15, 0.2) is 48.5 Å². The molecule has 2 aromatic carbocycles. The number of nitrogens with zero attached hydrogens (tertiary/aromatic N) is 2. The fraction of sp³-hybridized carbons (Fsp3) is 0.440. The van der Waals surface area contributed by atoms with Crippen LogP contribution in [0.2, 0.25) is 0 Å². The van der Waals surface area contributed by atoms with Gasteiger partial charge in [0, 0.05) is 12.1 Å². The second kappa shape index (κ2) is 11.4. The number of halogens is 3. The van der Waals surface area contributed by atoms with Crippen LogP contribution in [0.1, 0.15) is 38.8 Å². The van der Waals surface area contributed by atoms with Crippen LogP contribution in [0.3, 0.4) is 0 Å². The van der Waals surface area contributed by atoms with E-state index in [1.807, 2.05) is 0 Å². The zero-order chi connectivity index (χ0) is 28.2. The first-order valence-corrected chi connectivity index (χ1v) is 13.2. The zero-order valence-corrected chi connectivity index (χ0v) is 22.4. The van der Waals surface area contributed by atoms with Crippen molar-refractivity contribution in [3.63, 3.8) is 0 Å². The Kier molecular flexibility index (Phi) is 9.23. The number of hydrogen-bond acceptors (Lipinski definition) is 5. The molecule has 1 atom stereocenters. The maximum atomic E-state index is 13.5. The standard InChI is InChI=1S/C25H32F3N3O5S/c1-17(23(33)29-24(2,3)4)30(15-18-9-7-12-21(13-18)36-5)22(32)16-31(37(6,34)35)20-11-8-10-19(14-20)25(26,27)28/h7-14,17H,15-16H2,1-6H3,(H,29,33)/t17-/m1/s1. The summed E-state index contributed by atoms with van der Waals surface area (Å²) in [6.07, 6.45) is -3.91. The Morgan fingerprint density at radius 2 is 1.68 bits per heavy atom. The molecule has 0 aliphatic carbocycles. The highest BCUT2D eigenvalue weighted by atomic mass is 32.2. The molecule has 37 heavy (non-hydrogen) atoms. The van der Waals surface area contributed by atoms with Gasteiger partial charge in [0.2, 0.25) is 21.8 Å². The van der Waals surface area contributed by atoms with Gasteiger partial charge < -0.3 is 15.0 Å². The minimum atomic E-state index is -4.71. The van der Waals surface area contributed by atoms with Gasteiger partial charge in [0.1, 0.15) is 18.3 Å². The number of ether oxygens (including phenoxy) is 1. The highest BCUT2D eigenvalue weighted by Crippen LogP contribution is 2.32. The molecular weight excluding hydrogens is 511 g/mol. The summed E-state index contributed by atoms with van der Waals surface area (Å²) in [7, 11) is -2.70. The Morgan fingerprint density at radius 3 is 2.22 bits per heavy atom. The number of benzene rings is 2. The van der Waals surface area contributed by atoms with Gasteiger partial charge >= 0.3 is 6.18 Å². The molecule has 0 unspecified atom stereocenters. The largest absolute Gasteiger partial charge is 0.497 e. The van der Waals surface area contributed by atoms with Gasteiger partial charge in [-0.3, -0.25) is 13.9 Å². The third kappa shape index (κ3) is 8.66. The molecule has 2 amide bonds. The average molecular weight is 544 g/mol. The van der Waals surface area contributed by atoms with Crippen LogP contribution in [0.25, 0.3) is 0 Å². The number of carbonyl (C=O) groups excluding carboxylic acids is 2. The van der Waals surface area contributed by atoms with Crippen molar-refractivity contribution in [3.05, 3.63) is 59.7 Å². The molecule has 0 heterocycles. The first-order chi connectivity index (χ1) is 16.9. The number of hydrogen-bond donors (Lipinski definition) is 1. The molecule has 0 radical (unpaired) electrons. The number of anilines is 1. The molecule has 8 nitrogen and oxygen atoms in total. The lowest BCUT2D eigenvalue weighted by Crippen LogP contribution is -2.54. The monoisotopic (exact) mass is 543 g/mol. The van der Waals surface area contributed by atoms with Gasteiger partial charge in [0.05, 0.1) is 24.6 Å². The quantitative estimate of drug-likeness (QED) is 0.519. The van der Waals surface area contributed by atoms with Crippen LogP contribution >= 0.6 is 0 Å². The van der Waals surface area contributed by atoms with Crippen molar-refractivity contribution in [1.82, 2.24) is 10.2 Å². The molecular formula is C25H32F3N3O5S. The summed E-state index contributed by atoms with van der Waals surface area (Å²) >= 11 is 0. The first kappa shape index (κ1) is 29.9. The average Bonchev–Trinajstić information content (AvgIpc) is 2.78. The van der Waals surface area contributed by atoms with E-state index in [9.17, 15) is 31.2 Å². The van der Waals surface area contributed by atoms with Crippen LogP contribution in [0.4, 0.5) is 18.9 Å². The smallest absolute Gasteiger partial charge is 0.416 e. The van der Waals surface area contributed by atoms with E-state index in [-0.39, 0.29) is 12.2 Å². The first-order valence-electron chi connectivity index (χ1n) is 11.3. The molecule has 204 valence electrons. The summed E-state index contributed by atoms with van der Waals surface area (Å²) in [6.45, 7) is 5.92. The Bertz CT molecular complexity index is 1230. The molecule has 2 aromatic rings. The number of methoxy groups -OCH3 is 1. The fourth-order valence-corrected chi connectivity index (χ4v) is 4.32. The van der Waals surface area contributed by atoms with E-state index in [1.165, 1.54) is 25.0 Å². The molecule has 1 N–H and O–H groups in total. The summed E-state index contributed by atoms with van der Waals surface area (Å²) in [4.78, 5) is 27.6.